The van der Waals surface area contributed by atoms with E-state index in [0.29, 0.717) is 5.16 Å². The van der Waals surface area contributed by atoms with E-state index in [0.717, 1.165) is 12.2 Å². The molecule has 0 N–H and O–H groups in total. The number of thiol groups is 1. The average Bonchev–Trinajstić information content (AvgIpc) is 2.15. The minimum absolute atomic E-state index is 0.673. The molecule has 0 aliphatic carbocycles. The molecule has 0 saturated heterocycles. The Labute approximate surface area is 59.5 Å². The number of hydrogen-bond donors (Lipinski definition) is 1. The Kier molecular flexibility index (Phi) is 1.75. The second kappa shape index (κ2) is 2.39. The van der Waals surface area contributed by atoms with Crippen molar-refractivity contribution in [3.8, 4) is 0 Å². The van der Waals surface area contributed by atoms with Gasteiger partial charge in [0.2, 0.25) is 0 Å². The summed E-state index contributed by atoms with van der Waals surface area (Å²) in [6.07, 6.45) is 0.907. The van der Waals surface area contributed by atoms with E-state index >= 15 is 0 Å². The third-order valence-electron chi connectivity index (χ3n) is 1.26. The van der Waals surface area contributed by atoms with E-state index in [1.54, 1.807) is 0 Å². The van der Waals surface area contributed by atoms with Gasteiger partial charge in [0.05, 0.1) is 0 Å². The Balaban J connectivity index is 3.04. The van der Waals surface area contributed by atoms with Crippen molar-refractivity contribution in [1.82, 2.24) is 14.8 Å². The Morgan fingerprint density at radius 2 is 2.22 bits per heavy atom. The predicted molar refractivity (Wildman–Crippen MR) is 37.6 cm³/mol. The minimum atomic E-state index is 0.673. The topological polar surface area (TPSA) is 30.7 Å². The lowest BCUT2D eigenvalue weighted by molar-refractivity contribution is 0.744. The summed E-state index contributed by atoms with van der Waals surface area (Å²) < 4.78 is 1.86. The molecule has 0 aliphatic rings. The molecule has 1 rings (SSSR count). The highest BCUT2D eigenvalue weighted by Crippen LogP contribution is 2.02. The quantitative estimate of drug-likeness (QED) is 0.586. The Hall–Kier alpha value is -0.510. The van der Waals surface area contributed by atoms with Crippen LogP contribution in [0.15, 0.2) is 5.16 Å². The van der Waals surface area contributed by atoms with Gasteiger partial charge in [0, 0.05) is 13.5 Å². The highest BCUT2D eigenvalue weighted by molar-refractivity contribution is 7.80. The molecule has 0 aromatic carbocycles. The van der Waals surface area contributed by atoms with E-state index in [-0.39, 0.29) is 0 Å². The maximum atomic E-state index is 4.06. The SMILES string of the molecule is CCc1nnc(S)n1C. The lowest BCUT2D eigenvalue weighted by atomic mass is 10.5. The van der Waals surface area contributed by atoms with Crippen LogP contribution in [0.3, 0.4) is 0 Å². The second-order valence-corrected chi connectivity index (χ2v) is 2.23. The van der Waals surface area contributed by atoms with Crippen molar-refractivity contribution >= 4 is 12.6 Å². The third kappa shape index (κ3) is 1.08. The number of hydrogen-bond acceptors (Lipinski definition) is 3. The lowest BCUT2D eigenvalue weighted by Crippen LogP contribution is -1.95. The molecule has 0 atom stereocenters. The first-order valence-corrected chi connectivity index (χ1v) is 3.27. The van der Waals surface area contributed by atoms with Gasteiger partial charge in [0.15, 0.2) is 5.16 Å². The van der Waals surface area contributed by atoms with E-state index in [1.807, 2.05) is 18.5 Å². The van der Waals surface area contributed by atoms with Crippen molar-refractivity contribution in [2.24, 2.45) is 7.05 Å². The van der Waals surface area contributed by atoms with Crippen LogP contribution in [0.5, 0.6) is 0 Å². The second-order valence-electron chi connectivity index (χ2n) is 1.83. The molecule has 0 aliphatic heterocycles. The van der Waals surface area contributed by atoms with Crippen molar-refractivity contribution in [2.45, 2.75) is 18.5 Å². The van der Waals surface area contributed by atoms with Gasteiger partial charge in [-0.25, -0.2) is 0 Å². The van der Waals surface area contributed by atoms with Gasteiger partial charge in [0.25, 0.3) is 0 Å². The molecule has 0 saturated carbocycles. The van der Waals surface area contributed by atoms with Crippen molar-refractivity contribution in [3.05, 3.63) is 5.82 Å². The molecule has 3 nitrogen and oxygen atoms in total. The average molecular weight is 143 g/mol. The van der Waals surface area contributed by atoms with Crippen LogP contribution in [0.25, 0.3) is 0 Å². The van der Waals surface area contributed by atoms with Crippen LogP contribution in [0.1, 0.15) is 12.7 Å². The third-order valence-corrected chi connectivity index (χ3v) is 1.65. The van der Waals surface area contributed by atoms with Crippen molar-refractivity contribution in [3.63, 3.8) is 0 Å². The van der Waals surface area contributed by atoms with Crippen LogP contribution in [-0.4, -0.2) is 14.8 Å². The smallest absolute Gasteiger partial charge is 0.187 e. The zero-order chi connectivity index (χ0) is 6.85. The number of aromatic nitrogens is 3. The molecular weight excluding hydrogens is 134 g/mol. The molecular formula is C5H9N3S. The van der Waals surface area contributed by atoms with Gasteiger partial charge in [-0.3, -0.25) is 0 Å². The van der Waals surface area contributed by atoms with Crippen molar-refractivity contribution in [1.29, 1.82) is 0 Å². The van der Waals surface area contributed by atoms with Gasteiger partial charge in [0.1, 0.15) is 5.82 Å². The molecule has 1 aromatic rings. The normalized spacial score (nSPS) is 10.1. The number of nitrogens with zero attached hydrogens (tertiary/aromatic N) is 3. The fourth-order valence-corrected chi connectivity index (χ4v) is 0.820. The predicted octanol–water partition coefficient (Wildman–Crippen LogP) is 0.666. The molecule has 4 heteroatoms. The standard InChI is InChI=1S/C5H9N3S/c1-3-4-6-7-5(9)8(4)2/h3H2,1-2H3,(H,7,9). The summed E-state index contributed by atoms with van der Waals surface area (Å²) in [5.74, 6) is 0.972. The number of aryl methyl sites for hydroxylation is 1. The highest BCUT2D eigenvalue weighted by atomic mass is 32.1. The Morgan fingerprint density at radius 3 is 2.44 bits per heavy atom. The summed E-state index contributed by atoms with van der Waals surface area (Å²) in [5.41, 5.74) is 0. The maximum Gasteiger partial charge on any atom is 0.187 e. The fraction of sp³-hybridized carbons (Fsp3) is 0.600. The Morgan fingerprint density at radius 1 is 1.56 bits per heavy atom. The van der Waals surface area contributed by atoms with Crippen LogP contribution in [-0.2, 0) is 13.5 Å². The van der Waals surface area contributed by atoms with Crippen LogP contribution >= 0.6 is 12.6 Å². The summed E-state index contributed by atoms with van der Waals surface area (Å²) in [4.78, 5) is 0. The highest BCUT2D eigenvalue weighted by Gasteiger charge is 2.00. The summed E-state index contributed by atoms with van der Waals surface area (Å²) in [5, 5.41) is 8.31. The monoisotopic (exact) mass is 143 g/mol. The van der Waals surface area contributed by atoms with E-state index in [2.05, 4.69) is 22.8 Å². The maximum absolute atomic E-state index is 4.06. The van der Waals surface area contributed by atoms with Crippen molar-refractivity contribution in [2.75, 3.05) is 0 Å². The van der Waals surface area contributed by atoms with Crippen LogP contribution in [0.2, 0.25) is 0 Å². The summed E-state index contributed by atoms with van der Waals surface area (Å²) >= 11 is 4.06. The minimum Gasteiger partial charge on any atom is -0.309 e. The molecule has 0 radical (unpaired) electrons. The van der Waals surface area contributed by atoms with Gasteiger partial charge in [-0.2, -0.15) is 0 Å². The molecule has 50 valence electrons. The van der Waals surface area contributed by atoms with Gasteiger partial charge >= 0.3 is 0 Å². The van der Waals surface area contributed by atoms with Gasteiger partial charge < -0.3 is 4.57 Å². The van der Waals surface area contributed by atoms with E-state index < -0.39 is 0 Å². The van der Waals surface area contributed by atoms with Crippen molar-refractivity contribution < 1.29 is 0 Å². The van der Waals surface area contributed by atoms with Gasteiger partial charge in [-0.1, -0.05) is 6.92 Å². The lowest BCUT2D eigenvalue weighted by Gasteiger charge is -1.93. The van der Waals surface area contributed by atoms with Crippen LogP contribution < -0.4 is 0 Å². The first kappa shape index (κ1) is 6.61. The molecule has 0 spiro atoms. The molecule has 0 fully saturated rings. The summed E-state index contributed by atoms with van der Waals surface area (Å²) in [6, 6.07) is 0. The first-order valence-electron chi connectivity index (χ1n) is 2.83. The van der Waals surface area contributed by atoms with Crippen LogP contribution in [0.4, 0.5) is 0 Å². The first-order chi connectivity index (χ1) is 4.25. The molecule has 0 bridgehead atoms. The number of rotatable bonds is 1. The molecule has 1 heterocycles. The molecule has 9 heavy (non-hydrogen) atoms. The zero-order valence-electron chi connectivity index (χ0n) is 5.50. The van der Waals surface area contributed by atoms with E-state index in [9.17, 15) is 0 Å². The van der Waals surface area contributed by atoms with Crippen LogP contribution in [0, 0.1) is 0 Å². The zero-order valence-corrected chi connectivity index (χ0v) is 6.39. The molecule has 0 amide bonds. The summed E-state index contributed by atoms with van der Waals surface area (Å²) in [6.45, 7) is 2.04. The largest absolute Gasteiger partial charge is 0.309 e. The van der Waals surface area contributed by atoms with E-state index in [4.69, 9.17) is 0 Å². The Bertz CT molecular complexity index is 206. The molecule has 1 aromatic heterocycles. The fourth-order valence-electron chi connectivity index (χ4n) is 0.660. The van der Waals surface area contributed by atoms with Gasteiger partial charge in [-0.05, 0) is 0 Å². The van der Waals surface area contributed by atoms with Gasteiger partial charge in [-0.15, -0.1) is 22.8 Å². The summed E-state index contributed by atoms with van der Waals surface area (Å²) in [7, 11) is 1.90. The van der Waals surface area contributed by atoms with E-state index in [1.165, 1.54) is 0 Å². The molecule has 0 unspecified atom stereocenters.